The van der Waals surface area contributed by atoms with Crippen LogP contribution in [0.4, 0.5) is 8.78 Å². The number of carbonyl (C=O) groups is 1. The average Bonchev–Trinajstić information content (AvgIpc) is 2.62. The Morgan fingerprint density at radius 3 is 2.69 bits per heavy atom. The molecule has 2 aromatic rings. The van der Waals surface area contributed by atoms with E-state index in [1.54, 1.807) is 17.0 Å². The van der Waals surface area contributed by atoms with Gasteiger partial charge in [0.05, 0.1) is 23.3 Å². The first-order valence-corrected chi connectivity index (χ1v) is 8.99. The van der Waals surface area contributed by atoms with Gasteiger partial charge in [0, 0.05) is 18.1 Å². The third-order valence-corrected chi connectivity index (χ3v) is 4.84. The number of halogens is 4. The summed E-state index contributed by atoms with van der Waals surface area (Å²) in [4.78, 5) is 14.4. The van der Waals surface area contributed by atoms with Gasteiger partial charge in [-0.15, -0.1) is 0 Å². The van der Waals surface area contributed by atoms with Crippen LogP contribution in [0.5, 0.6) is 0 Å². The molecule has 3 rings (SSSR count). The molecule has 26 heavy (non-hydrogen) atoms. The van der Waals surface area contributed by atoms with Gasteiger partial charge in [-0.3, -0.25) is 4.79 Å². The van der Waals surface area contributed by atoms with Crippen LogP contribution < -0.4 is 0 Å². The molecule has 1 saturated heterocycles. The minimum absolute atomic E-state index is 0.158. The molecule has 1 aliphatic heterocycles. The number of hydrogen-bond donors (Lipinski definition) is 0. The Morgan fingerprint density at radius 1 is 1.15 bits per heavy atom. The highest BCUT2D eigenvalue weighted by molar-refractivity contribution is 6.36. The number of piperidine rings is 1. The summed E-state index contributed by atoms with van der Waals surface area (Å²) >= 11 is 12.0. The molecule has 7 heteroatoms. The van der Waals surface area contributed by atoms with Gasteiger partial charge in [-0.1, -0.05) is 29.3 Å². The second-order valence-electron chi connectivity index (χ2n) is 6.20. The van der Waals surface area contributed by atoms with Gasteiger partial charge in [0.2, 0.25) is 0 Å². The zero-order valence-electron chi connectivity index (χ0n) is 13.9. The van der Waals surface area contributed by atoms with Crippen molar-refractivity contribution in [3.8, 4) is 0 Å². The van der Waals surface area contributed by atoms with Crippen LogP contribution in [-0.4, -0.2) is 30.0 Å². The summed E-state index contributed by atoms with van der Waals surface area (Å²) in [6, 6.07) is 8.46. The lowest BCUT2D eigenvalue weighted by Gasteiger charge is -2.33. The Hall–Kier alpha value is -1.69. The number of hydrogen-bond acceptors (Lipinski definition) is 2. The molecule has 3 nitrogen and oxygen atoms in total. The molecule has 0 bridgehead atoms. The van der Waals surface area contributed by atoms with Crippen molar-refractivity contribution < 1.29 is 18.3 Å². The van der Waals surface area contributed by atoms with Crippen LogP contribution in [0.1, 0.15) is 28.8 Å². The highest BCUT2D eigenvalue weighted by Crippen LogP contribution is 2.24. The molecule has 2 aromatic carbocycles. The maximum absolute atomic E-state index is 13.3. The van der Waals surface area contributed by atoms with Crippen LogP contribution in [0.3, 0.4) is 0 Å². The maximum Gasteiger partial charge on any atom is 0.255 e. The smallest absolute Gasteiger partial charge is 0.255 e. The summed E-state index contributed by atoms with van der Waals surface area (Å²) < 4.78 is 32.0. The Morgan fingerprint density at radius 2 is 1.96 bits per heavy atom. The quantitative estimate of drug-likeness (QED) is 0.716. The Labute approximate surface area is 160 Å². The van der Waals surface area contributed by atoms with Crippen LogP contribution in [0.25, 0.3) is 0 Å². The van der Waals surface area contributed by atoms with E-state index in [4.69, 9.17) is 27.9 Å². The number of likely N-dealkylation sites (tertiary alicyclic amines) is 1. The largest absolute Gasteiger partial charge is 0.372 e. The number of amides is 1. The first kappa shape index (κ1) is 19.1. The molecule has 1 atom stereocenters. The van der Waals surface area contributed by atoms with Crippen molar-refractivity contribution in [3.63, 3.8) is 0 Å². The van der Waals surface area contributed by atoms with Gasteiger partial charge in [0.1, 0.15) is 0 Å². The first-order chi connectivity index (χ1) is 12.4. The van der Waals surface area contributed by atoms with E-state index in [1.165, 1.54) is 12.1 Å². The fourth-order valence-corrected chi connectivity index (χ4v) is 3.42. The molecule has 0 N–H and O–H groups in total. The number of nitrogens with zero attached hydrogens (tertiary/aromatic N) is 1. The third-order valence-electron chi connectivity index (χ3n) is 4.30. The highest BCUT2D eigenvalue weighted by atomic mass is 35.5. The Balaban J connectivity index is 1.61. The fraction of sp³-hybridized carbons (Fsp3) is 0.316. The molecule has 1 aliphatic rings. The average molecular weight is 400 g/mol. The fourth-order valence-electron chi connectivity index (χ4n) is 2.94. The van der Waals surface area contributed by atoms with Crippen LogP contribution in [-0.2, 0) is 11.3 Å². The van der Waals surface area contributed by atoms with E-state index in [-0.39, 0.29) is 18.6 Å². The summed E-state index contributed by atoms with van der Waals surface area (Å²) in [5, 5.41) is 0.783. The van der Waals surface area contributed by atoms with E-state index in [2.05, 4.69) is 0 Å². The van der Waals surface area contributed by atoms with E-state index in [1.807, 2.05) is 0 Å². The lowest BCUT2D eigenvalue weighted by Crippen LogP contribution is -2.43. The molecule has 0 aliphatic carbocycles. The molecule has 0 spiro atoms. The molecular weight excluding hydrogens is 383 g/mol. The molecule has 0 saturated carbocycles. The van der Waals surface area contributed by atoms with Crippen molar-refractivity contribution in [3.05, 3.63) is 69.2 Å². The summed E-state index contributed by atoms with van der Waals surface area (Å²) in [5.74, 6) is -1.96. The van der Waals surface area contributed by atoms with Gasteiger partial charge >= 0.3 is 0 Å². The molecule has 0 unspecified atom stereocenters. The molecule has 0 aromatic heterocycles. The van der Waals surface area contributed by atoms with E-state index >= 15 is 0 Å². The van der Waals surface area contributed by atoms with E-state index in [0.29, 0.717) is 34.3 Å². The first-order valence-electron chi connectivity index (χ1n) is 8.24. The van der Waals surface area contributed by atoms with E-state index < -0.39 is 11.6 Å². The molecular formula is C19H17Cl2F2NO2. The van der Waals surface area contributed by atoms with Crippen LogP contribution >= 0.6 is 23.2 Å². The number of carbonyl (C=O) groups excluding carboxylic acids is 1. The molecule has 0 radical (unpaired) electrons. The lowest BCUT2D eigenvalue weighted by atomic mass is 10.1. The Kier molecular flexibility index (Phi) is 6.12. The summed E-state index contributed by atoms with van der Waals surface area (Å²) in [6.45, 7) is 1.19. The second kappa shape index (κ2) is 8.33. The summed E-state index contributed by atoms with van der Waals surface area (Å²) in [7, 11) is 0. The van der Waals surface area contributed by atoms with Gasteiger partial charge in [0.15, 0.2) is 11.6 Å². The predicted molar refractivity (Wildman–Crippen MR) is 96.5 cm³/mol. The Bertz CT molecular complexity index is 816. The molecule has 1 fully saturated rings. The van der Waals surface area contributed by atoms with Crippen LogP contribution in [0, 0.1) is 11.6 Å². The van der Waals surface area contributed by atoms with E-state index in [9.17, 15) is 13.6 Å². The van der Waals surface area contributed by atoms with Gasteiger partial charge in [-0.2, -0.15) is 0 Å². The lowest BCUT2D eigenvalue weighted by molar-refractivity contribution is -0.00681. The van der Waals surface area contributed by atoms with Crippen molar-refractivity contribution in [1.29, 1.82) is 0 Å². The van der Waals surface area contributed by atoms with Crippen LogP contribution in [0.2, 0.25) is 10.0 Å². The highest BCUT2D eigenvalue weighted by Gasteiger charge is 2.26. The minimum Gasteiger partial charge on any atom is -0.372 e. The topological polar surface area (TPSA) is 29.5 Å². The van der Waals surface area contributed by atoms with Crippen LogP contribution in [0.15, 0.2) is 36.4 Å². The number of rotatable bonds is 4. The standard InChI is InChI=1S/C19H17Cl2F2NO2/c20-13-4-5-15(16(21)9-13)19(25)24-7-1-2-14(10-24)26-11-12-3-6-17(22)18(23)8-12/h3-6,8-9,14H,1-2,7,10-11H2/t14-/m0/s1. The second-order valence-corrected chi connectivity index (χ2v) is 7.04. The predicted octanol–water partition coefficient (Wildman–Crippen LogP) is 5.09. The van der Waals surface area contributed by atoms with Crippen molar-refractivity contribution in [2.45, 2.75) is 25.6 Å². The summed E-state index contributed by atoms with van der Waals surface area (Å²) in [5.41, 5.74) is 0.949. The van der Waals surface area contributed by atoms with Crippen molar-refractivity contribution in [1.82, 2.24) is 4.90 Å². The maximum atomic E-state index is 13.3. The zero-order valence-corrected chi connectivity index (χ0v) is 15.4. The van der Waals surface area contributed by atoms with Crippen molar-refractivity contribution >= 4 is 29.1 Å². The zero-order chi connectivity index (χ0) is 18.7. The van der Waals surface area contributed by atoms with E-state index in [0.717, 1.165) is 25.0 Å². The van der Waals surface area contributed by atoms with Gasteiger partial charge in [-0.25, -0.2) is 8.78 Å². The number of benzene rings is 2. The SMILES string of the molecule is O=C(c1ccc(Cl)cc1Cl)N1CCC[C@H](OCc2ccc(F)c(F)c2)C1. The van der Waals surface area contributed by atoms with Gasteiger partial charge in [0.25, 0.3) is 5.91 Å². The monoisotopic (exact) mass is 399 g/mol. The third kappa shape index (κ3) is 4.53. The normalized spacial score (nSPS) is 17.4. The molecule has 1 heterocycles. The molecule has 1 amide bonds. The van der Waals surface area contributed by atoms with Crippen molar-refractivity contribution in [2.75, 3.05) is 13.1 Å². The van der Waals surface area contributed by atoms with Crippen molar-refractivity contribution in [2.24, 2.45) is 0 Å². The van der Waals surface area contributed by atoms with Gasteiger partial charge < -0.3 is 9.64 Å². The van der Waals surface area contributed by atoms with Gasteiger partial charge in [-0.05, 0) is 48.7 Å². The minimum atomic E-state index is -0.899. The number of ether oxygens (including phenoxy) is 1. The molecule has 138 valence electrons. The summed E-state index contributed by atoms with van der Waals surface area (Å²) in [6.07, 6.45) is 1.41.